The number of thiophene rings is 1. The molecule has 1 aliphatic heterocycles. The highest BCUT2D eigenvalue weighted by atomic mass is 32.1. The van der Waals surface area contributed by atoms with Crippen molar-refractivity contribution in [1.29, 1.82) is 0 Å². The van der Waals surface area contributed by atoms with Gasteiger partial charge in [-0.3, -0.25) is 4.90 Å². The van der Waals surface area contributed by atoms with Gasteiger partial charge in [-0.2, -0.15) is 0 Å². The molecular weight excluding hydrogens is 218 g/mol. The van der Waals surface area contributed by atoms with E-state index in [1.807, 2.05) is 11.3 Å². The molecule has 2 nitrogen and oxygen atoms in total. The SMILES string of the molecule is Cc1cc(CCCN2CCOCC2)sc1C. The Kier molecular flexibility index (Phi) is 4.38. The standard InChI is InChI=1S/C13H21NOS/c1-11-10-13(16-12(11)2)4-3-5-14-6-8-15-9-7-14/h10H,3-9H2,1-2H3. The first-order chi connectivity index (χ1) is 7.75. The van der Waals surface area contributed by atoms with Crippen molar-refractivity contribution >= 4 is 11.3 Å². The number of hydrogen-bond donors (Lipinski definition) is 0. The summed E-state index contributed by atoms with van der Waals surface area (Å²) >= 11 is 1.96. The van der Waals surface area contributed by atoms with Gasteiger partial charge in [-0.1, -0.05) is 0 Å². The maximum Gasteiger partial charge on any atom is 0.0594 e. The van der Waals surface area contributed by atoms with Gasteiger partial charge in [0.1, 0.15) is 0 Å². The summed E-state index contributed by atoms with van der Waals surface area (Å²) in [6.45, 7) is 9.70. The van der Waals surface area contributed by atoms with Crippen LogP contribution in [0.4, 0.5) is 0 Å². The summed E-state index contributed by atoms with van der Waals surface area (Å²) in [7, 11) is 0. The van der Waals surface area contributed by atoms with Crippen LogP contribution in [0.25, 0.3) is 0 Å². The minimum absolute atomic E-state index is 0.914. The summed E-state index contributed by atoms with van der Waals surface area (Å²) in [6, 6.07) is 2.35. The highest BCUT2D eigenvalue weighted by molar-refractivity contribution is 7.12. The van der Waals surface area contributed by atoms with Crippen molar-refractivity contribution in [3.8, 4) is 0 Å². The summed E-state index contributed by atoms with van der Waals surface area (Å²) in [6.07, 6.45) is 2.51. The second kappa shape index (κ2) is 5.80. The summed E-state index contributed by atoms with van der Waals surface area (Å²) in [5, 5.41) is 0. The third-order valence-electron chi connectivity index (χ3n) is 3.22. The van der Waals surface area contributed by atoms with Crippen molar-refractivity contribution in [2.45, 2.75) is 26.7 Å². The number of nitrogens with zero attached hydrogens (tertiary/aromatic N) is 1. The molecule has 1 aliphatic rings. The van der Waals surface area contributed by atoms with E-state index in [4.69, 9.17) is 4.74 Å². The number of rotatable bonds is 4. The molecule has 3 heteroatoms. The van der Waals surface area contributed by atoms with Gasteiger partial charge in [-0.15, -0.1) is 11.3 Å². The fourth-order valence-corrected chi connectivity index (χ4v) is 3.17. The maximum absolute atomic E-state index is 5.34. The van der Waals surface area contributed by atoms with Gasteiger partial charge < -0.3 is 4.74 Å². The van der Waals surface area contributed by atoms with Crippen molar-refractivity contribution < 1.29 is 4.74 Å². The molecule has 90 valence electrons. The molecule has 2 rings (SSSR count). The van der Waals surface area contributed by atoms with Crippen molar-refractivity contribution in [3.05, 3.63) is 21.4 Å². The van der Waals surface area contributed by atoms with Crippen molar-refractivity contribution in [2.24, 2.45) is 0 Å². The molecule has 0 aliphatic carbocycles. The zero-order valence-electron chi connectivity index (χ0n) is 10.3. The first-order valence-corrected chi connectivity index (χ1v) is 6.93. The number of aryl methyl sites for hydroxylation is 3. The van der Waals surface area contributed by atoms with Gasteiger partial charge in [0.2, 0.25) is 0 Å². The van der Waals surface area contributed by atoms with Crippen LogP contribution in [0.3, 0.4) is 0 Å². The summed E-state index contributed by atoms with van der Waals surface area (Å²) in [5.74, 6) is 0. The van der Waals surface area contributed by atoms with Crippen molar-refractivity contribution in [1.82, 2.24) is 4.90 Å². The van der Waals surface area contributed by atoms with E-state index in [9.17, 15) is 0 Å². The van der Waals surface area contributed by atoms with Gasteiger partial charge in [-0.25, -0.2) is 0 Å². The molecule has 1 aromatic rings. The van der Waals surface area contributed by atoms with Crippen LogP contribution in [0.15, 0.2) is 6.07 Å². The molecule has 0 amide bonds. The number of ether oxygens (including phenoxy) is 1. The van der Waals surface area contributed by atoms with Gasteiger partial charge in [0.05, 0.1) is 13.2 Å². The van der Waals surface area contributed by atoms with E-state index in [1.54, 1.807) is 4.88 Å². The molecule has 16 heavy (non-hydrogen) atoms. The fourth-order valence-electron chi connectivity index (χ4n) is 2.07. The normalized spacial score (nSPS) is 17.9. The fraction of sp³-hybridized carbons (Fsp3) is 0.692. The monoisotopic (exact) mass is 239 g/mol. The van der Waals surface area contributed by atoms with Crippen LogP contribution in [-0.2, 0) is 11.2 Å². The zero-order valence-corrected chi connectivity index (χ0v) is 11.1. The lowest BCUT2D eigenvalue weighted by Gasteiger charge is -2.26. The molecule has 2 heterocycles. The lowest BCUT2D eigenvalue weighted by atomic mass is 10.2. The highest BCUT2D eigenvalue weighted by Crippen LogP contribution is 2.21. The van der Waals surface area contributed by atoms with Gasteiger partial charge >= 0.3 is 0 Å². The average molecular weight is 239 g/mol. The van der Waals surface area contributed by atoms with Gasteiger partial charge in [-0.05, 0) is 44.9 Å². The smallest absolute Gasteiger partial charge is 0.0594 e. The lowest BCUT2D eigenvalue weighted by molar-refractivity contribution is 0.0375. The Morgan fingerprint density at radius 2 is 2.06 bits per heavy atom. The van der Waals surface area contributed by atoms with Gasteiger partial charge in [0.15, 0.2) is 0 Å². The topological polar surface area (TPSA) is 12.5 Å². The largest absolute Gasteiger partial charge is 0.379 e. The van der Waals surface area contributed by atoms with E-state index in [1.165, 1.54) is 29.8 Å². The van der Waals surface area contributed by atoms with E-state index in [0.717, 1.165) is 26.3 Å². The Labute approximate surface area is 102 Å². The molecule has 1 fully saturated rings. The highest BCUT2D eigenvalue weighted by Gasteiger charge is 2.09. The average Bonchev–Trinajstić information content (AvgIpc) is 2.60. The van der Waals surface area contributed by atoms with E-state index < -0.39 is 0 Å². The predicted molar refractivity (Wildman–Crippen MR) is 69.4 cm³/mol. The van der Waals surface area contributed by atoms with Gasteiger partial charge in [0.25, 0.3) is 0 Å². The first-order valence-electron chi connectivity index (χ1n) is 6.12. The van der Waals surface area contributed by atoms with E-state index in [-0.39, 0.29) is 0 Å². The molecular formula is C13H21NOS. The van der Waals surface area contributed by atoms with Crippen LogP contribution in [0.2, 0.25) is 0 Å². The molecule has 1 aromatic heterocycles. The van der Waals surface area contributed by atoms with E-state index >= 15 is 0 Å². The molecule has 1 saturated heterocycles. The molecule has 0 atom stereocenters. The third-order valence-corrected chi connectivity index (χ3v) is 4.43. The summed E-state index contributed by atoms with van der Waals surface area (Å²) < 4.78 is 5.34. The Morgan fingerprint density at radius 1 is 1.31 bits per heavy atom. The molecule has 0 unspecified atom stereocenters. The predicted octanol–water partition coefficient (Wildman–Crippen LogP) is 2.63. The lowest BCUT2D eigenvalue weighted by Crippen LogP contribution is -2.36. The van der Waals surface area contributed by atoms with E-state index in [2.05, 4.69) is 24.8 Å². The number of morpholine rings is 1. The molecule has 0 bridgehead atoms. The van der Waals surface area contributed by atoms with Crippen LogP contribution in [-0.4, -0.2) is 37.7 Å². The van der Waals surface area contributed by atoms with E-state index in [0.29, 0.717) is 0 Å². The molecule has 0 N–H and O–H groups in total. The molecule has 0 saturated carbocycles. The minimum atomic E-state index is 0.914. The van der Waals surface area contributed by atoms with Crippen LogP contribution in [0.1, 0.15) is 21.7 Å². The molecule has 0 aromatic carbocycles. The Balaban J connectivity index is 1.71. The van der Waals surface area contributed by atoms with Crippen molar-refractivity contribution in [3.63, 3.8) is 0 Å². The van der Waals surface area contributed by atoms with Crippen LogP contribution < -0.4 is 0 Å². The Morgan fingerprint density at radius 3 is 2.69 bits per heavy atom. The maximum atomic E-state index is 5.34. The second-order valence-corrected chi connectivity index (χ2v) is 5.85. The first kappa shape index (κ1) is 12.1. The van der Waals surface area contributed by atoms with Crippen LogP contribution in [0.5, 0.6) is 0 Å². The molecule has 0 radical (unpaired) electrons. The van der Waals surface area contributed by atoms with Crippen molar-refractivity contribution in [2.75, 3.05) is 32.8 Å². The number of hydrogen-bond acceptors (Lipinski definition) is 3. The Hall–Kier alpha value is -0.380. The van der Waals surface area contributed by atoms with Gasteiger partial charge in [0, 0.05) is 22.8 Å². The van der Waals surface area contributed by atoms with Crippen LogP contribution in [0, 0.1) is 13.8 Å². The second-order valence-electron chi connectivity index (χ2n) is 4.51. The summed E-state index contributed by atoms with van der Waals surface area (Å²) in [5.41, 5.74) is 1.45. The third kappa shape index (κ3) is 3.30. The summed E-state index contributed by atoms with van der Waals surface area (Å²) in [4.78, 5) is 5.53. The molecule has 0 spiro atoms. The minimum Gasteiger partial charge on any atom is -0.379 e. The van der Waals surface area contributed by atoms with Crippen LogP contribution >= 0.6 is 11.3 Å². The zero-order chi connectivity index (χ0) is 11.4. The quantitative estimate of drug-likeness (QED) is 0.801. The Bertz CT molecular complexity index is 309.